The van der Waals surface area contributed by atoms with Gasteiger partial charge in [-0.15, -0.1) is 11.3 Å². The molecular formula is C12H10BrIOS. The van der Waals surface area contributed by atoms with E-state index in [4.69, 9.17) is 0 Å². The molecule has 0 radical (unpaired) electrons. The average Bonchev–Trinajstić information content (AvgIpc) is 2.59. The zero-order valence-electron chi connectivity index (χ0n) is 8.58. The van der Waals surface area contributed by atoms with Crippen LogP contribution in [-0.4, -0.2) is 5.11 Å². The molecule has 0 aliphatic rings. The molecule has 0 amide bonds. The van der Waals surface area contributed by atoms with E-state index in [1.165, 1.54) is 8.45 Å². The van der Waals surface area contributed by atoms with Crippen LogP contribution in [0.3, 0.4) is 0 Å². The normalized spacial score (nSPS) is 12.8. The Bertz CT molecular complexity index is 473. The summed E-state index contributed by atoms with van der Waals surface area (Å²) in [6, 6.07) is 9.94. The number of benzene rings is 1. The molecule has 1 heterocycles. The van der Waals surface area contributed by atoms with Crippen LogP contribution in [0.1, 0.15) is 21.4 Å². The molecule has 1 unspecified atom stereocenters. The molecule has 84 valence electrons. The number of hydrogen-bond donors (Lipinski definition) is 1. The fourth-order valence-corrected chi connectivity index (χ4v) is 3.36. The van der Waals surface area contributed by atoms with Gasteiger partial charge < -0.3 is 5.11 Å². The van der Waals surface area contributed by atoms with Crippen molar-refractivity contribution in [2.24, 2.45) is 0 Å². The van der Waals surface area contributed by atoms with Crippen molar-refractivity contribution < 1.29 is 5.11 Å². The zero-order valence-corrected chi connectivity index (χ0v) is 13.1. The van der Waals surface area contributed by atoms with Gasteiger partial charge in [-0.2, -0.15) is 0 Å². The van der Waals surface area contributed by atoms with Crippen LogP contribution in [0.15, 0.2) is 34.8 Å². The number of aliphatic hydroxyl groups excluding tert-OH is 1. The van der Waals surface area contributed by atoms with Crippen LogP contribution in [0.5, 0.6) is 0 Å². The Hall–Kier alpha value is 0.0900. The molecule has 2 rings (SSSR count). The maximum atomic E-state index is 10.2. The van der Waals surface area contributed by atoms with E-state index >= 15 is 0 Å². The number of halogens is 2. The average molecular weight is 409 g/mol. The quantitative estimate of drug-likeness (QED) is 0.725. The lowest BCUT2D eigenvalue weighted by Crippen LogP contribution is -1.96. The lowest BCUT2D eigenvalue weighted by Gasteiger charge is -2.08. The highest BCUT2D eigenvalue weighted by atomic mass is 127. The monoisotopic (exact) mass is 408 g/mol. The van der Waals surface area contributed by atoms with Gasteiger partial charge in [-0.25, -0.2) is 0 Å². The fraction of sp³-hybridized carbons (Fsp3) is 0.167. The van der Waals surface area contributed by atoms with Crippen molar-refractivity contribution in [3.05, 3.63) is 53.7 Å². The second-order valence-electron chi connectivity index (χ2n) is 3.51. The topological polar surface area (TPSA) is 20.2 Å². The van der Waals surface area contributed by atoms with E-state index in [-0.39, 0.29) is 0 Å². The van der Waals surface area contributed by atoms with Crippen molar-refractivity contribution in [3.63, 3.8) is 0 Å². The van der Waals surface area contributed by atoms with Crippen molar-refractivity contribution in [2.45, 2.75) is 13.0 Å². The van der Waals surface area contributed by atoms with E-state index in [1.54, 1.807) is 11.3 Å². The summed E-state index contributed by atoms with van der Waals surface area (Å²) in [5, 5.41) is 10.2. The lowest BCUT2D eigenvalue weighted by atomic mass is 10.1. The van der Waals surface area contributed by atoms with Crippen molar-refractivity contribution in [1.29, 1.82) is 0 Å². The SMILES string of the molecule is Cc1sc(C(O)c2ccc(I)cc2)cc1Br. The Kier molecular flexibility index (Phi) is 4.05. The number of thiophene rings is 1. The number of rotatable bonds is 2. The first-order valence-electron chi connectivity index (χ1n) is 4.77. The van der Waals surface area contributed by atoms with E-state index in [0.29, 0.717) is 0 Å². The Morgan fingerprint density at radius 2 is 1.94 bits per heavy atom. The summed E-state index contributed by atoms with van der Waals surface area (Å²) >= 11 is 7.35. The summed E-state index contributed by atoms with van der Waals surface area (Å²) in [7, 11) is 0. The molecule has 1 N–H and O–H groups in total. The minimum absolute atomic E-state index is 0.521. The van der Waals surface area contributed by atoms with Gasteiger partial charge in [0.15, 0.2) is 0 Å². The van der Waals surface area contributed by atoms with Gasteiger partial charge in [-0.3, -0.25) is 0 Å². The molecule has 0 spiro atoms. The van der Waals surface area contributed by atoms with Crippen LogP contribution in [-0.2, 0) is 0 Å². The molecule has 1 aromatic heterocycles. The predicted octanol–water partition coefficient (Wildman–Crippen LogP) is 4.51. The first kappa shape index (κ1) is 12.5. The zero-order chi connectivity index (χ0) is 11.7. The van der Waals surface area contributed by atoms with E-state index in [9.17, 15) is 5.11 Å². The maximum absolute atomic E-state index is 10.2. The third-order valence-corrected chi connectivity index (χ3v) is 5.24. The number of aliphatic hydroxyl groups is 1. The molecule has 0 saturated carbocycles. The lowest BCUT2D eigenvalue weighted by molar-refractivity contribution is 0.224. The van der Waals surface area contributed by atoms with Crippen LogP contribution in [0.4, 0.5) is 0 Å². The first-order valence-corrected chi connectivity index (χ1v) is 7.46. The summed E-state index contributed by atoms with van der Waals surface area (Å²) in [4.78, 5) is 2.17. The first-order chi connectivity index (χ1) is 7.58. The van der Waals surface area contributed by atoms with Gasteiger partial charge in [-0.05, 0) is 69.2 Å². The molecular weight excluding hydrogens is 399 g/mol. The second-order valence-corrected chi connectivity index (χ2v) is 6.89. The summed E-state index contributed by atoms with van der Waals surface area (Å²) < 4.78 is 2.24. The highest BCUT2D eigenvalue weighted by molar-refractivity contribution is 14.1. The Labute approximate surface area is 121 Å². The van der Waals surface area contributed by atoms with Gasteiger partial charge in [0, 0.05) is 17.8 Å². The third-order valence-electron chi connectivity index (χ3n) is 2.33. The summed E-state index contributed by atoms with van der Waals surface area (Å²) in [6.45, 7) is 2.04. The summed E-state index contributed by atoms with van der Waals surface area (Å²) in [5.74, 6) is 0. The Morgan fingerprint density at radius 3 is 2.44 bits per heavy atom. The molecule has 0 saturated heterocycles. The molecule has 0 aliphatic heterocycles. The van der Waals surface area contributed by atoms with Gasteiger partial charge in [-0.1, -0.05) is 12.1 Å². The second kappa shape index (κ2) is 5.16. The van der Waals surface area contributed by atoms with Crippen molar-refractivity contribution >= 4 is 49.9 Å². The Morgan fingerprint density at radius 1 is 1.31 bits per heavy atom. The maximum Gasteiger partial charge on any atom is 0.113 e. The van der Waals surface area contributed by atoms with Crippen LogP contribution >= 0.6 is 49.9 Å². The van der Waals surface area contributed by atoms with Gasteiger partial charge in [0.05, 0.1) is 0 Å². The van der Waals surface area contributed by atoms with Gasteiger partial charge in [0.1, 0.15) is 6.10 Å². The minimum atomic E-state index is -0.521. The van der Waals surface area contributed by atoms with Gasteiger partial charge in [0.2, 0.25) is 0 Å². The number of hydrogen-bond acceptors (Lipinski definition) is 2. The van der Waals surface area contributed by atoms with Crippen molar-refractivity contribution in [1.82, 2.24) is 0 Å². The summed E-state index contributed by atoms with van der Waals surface area (Å²) in [6.07, 6.45) is -0.521. The smallest absolute Gasteiger partial charge is 0.113 e. The molecule has 1 nitrogen and oxygen atoms in total. The summed E-state index contributed by atoms with van der Waals surface area (Å²) in [5.41, 5.74) is 0.939. The van der Waals surface area contributed by atoms with Crippen LogP contribution < -0.4 is 0 Å². The van der Waals surface area contributed by atoms with E-state index in [0.717, 1.165) is 14.9 Å². The fourth-order valence-electron chi connectivity index (χ4n) is 1.43. The molecule has 0 aliphatic carbocycles. The largest absolute Gasteiger partial charge is 0.383 e. The van der Waals surface area contributed by atoms with E-state index in [1.807, 2.05) is 37.3 Å². The number of aryl methyl sites for hydroxylation is 1. The standard InChI is InChI=1S/C12H10BrIOS/c1-7-10(13)6-11(16-7)12(15)8-2-4-9(14)5-3-8/h2-6,12,15H,1H3. The van der Waals surface area contributed by atoms with Gasteiger partial charge >= 0.3 is 0 Å². The van der Waals surface area contributed by atoms with Crippen LogP contribution in [0, 0.1) is 10.5 Å². The predicted molar refractivity (Wildman–Crippen MR) is 80.0 cm³/mol. The molecule has 2 aromatic rings. The molecule has 0 bridgehead atoms. The minimum Gasteiger partial charge on any atom is -0.383 e. The highest BCUT2D eigenvalue weighted by Gasteiger charge is 2.14. The molecule has 16 heavy (non-hydrogen) atoms. The van der Waals surface area contributed by atoms with Gasteiger partial charge in [0.25, 0.3) is 0 Å². The molecule has 1 aromatic carbocycles. The van der Waals surface area contributed by atoms with Crippen molar-refractivity contribution in [3.8, 4) is 0 Å². The van der Waals surface area contributed by atoms with Crippen LogP contribution in [0.2, 0.25) is 0 Å². The van der Waals surface area contributed by atoms with Crippen molar-refractivity contribution in [2.75, 3.05) is 0 Å². The molecule has 0 fully saturated rings. The van der Waals surface area contributed by atoms with Crippen LogP contribution in [0.25, 0.3) is 0 Å². The Balaban J connectivity index is 2.31. The van der Waals surface area contributed by atoms with E-state index < -0.39 is 6.10 Å². The molecule has 4 heteroatoms. The van der Waals surface area contributed by atoms with E-state index in [2.05, 4.69) is 38.5 Å². The highest BCUT2D eigenvalue weighted by Crippen LogP contribution is 2.33. The molecule has 1 atom stereocenters. The third kappa shape index (κ3) is 2.67.